The van der Waals surface area contributed by atoms with Gasteiger partial charge < -0.3 is 26.3 Å². The number of nitrogens with zero attached hydrogens (tertiary/aromatic N) is 4. The van der Waals surface area contributed by atoms with Crippen LogP contribution in [-0.2, 0) is 12.7 Å². The van der Waals surface area contributed by atoms with E-state index in [-0.39, 0.29) is 23.7 Å². The molecule has 0 aliphatic heterocycles. The maximum absolute atomic E-state index is 13.1. The zero-order valence-electron chi connectivity index (χ0n) is 21.2. The van der Waals surface area contributed by atoms with E-state index >= 15 is 0 Å². The second kappa shape index (κ2) is 11.6. The Labute approximate surface area is 225 Å². The van der Waals surface area contributed by atoms with Gasteiger partial charge in [-0.05, 0) is 56.2 Å². The molecule has 0 saturated heterocycles. The number of hydrogen-bond acceptors (Lipinski definition) is 7. The van der Waals surface area contributed by atoms with E-state index in [1.165, 1.54) is 18.9 Å². The summed E-state index contributed by atoms with van der Waals surface area (Å²) in [5.41, 5.74) is 7.30. The summed E-state index contributed by atoms with van der Waals surface area (Å²) in [5.74, 6) is 1.23. The minimum absolute atomic E-state index is 0.262. The smallest absolute Gasteiger partial charge is 0.367 e. The molecule has 2 aliphatic carbocycles. The van der Waals surface area contributed by atoms with Gasteiger partial charge in [-0.25, -0.2) is 4.98 Å². The highest BCUT2D eigenvalue weighted by molar-refractivity contribution is 6.31. The van der Waals surface area contributed by atoms with E-state index < -0.39 is 11.7 Å². The molecule has 0 radical (unpaired) electrons. The van der Waals surface area contributed by atoms with Gasteiger partial charge in [-0.2, -0.15) is 23.1 Å². The minimum Gasteiger partial charge on any atom is -0.367 e. The van der Waals surface area contributed by atoms with Crippen molar-refractivity contribution in [1.29, 1.82) is 0 Å². The fourth-order valence-corrected chi connectivity index (χ4v) is 5.63. The minimum atomic E-state index is -4.48. The zero-order chi connectivity index (χ0) is 26.7. The van der Waals surface area contributed by atoms with Crippen LogP contribution < -0.4 is 21.7 Å². The van der Waals surface area contributed by atoms with Crippen LogP contribution in [0.25, 0.3) is 11.2 Å². The molecule has 5 rings (SSSR count). The highest BCUT2D eigenvalue weighted by Gasteiger charge is 2.33. The van der Waals surface area contributed by atoms with Crippen LogP contribution in [0.5, 0.6) is 0 Å². The number of hydrogen-bond donors (Lipinski definition) is 4. The summed E-state index contributed by atoms with van der Waals surface area (Å²) in [6, 6.07) is 4.90. The molecule has 1 aromatic carbocycles. The molecule has 2 aliphatic rings. The van der Waals surface area contributed by atoms with Crippen LogP contribution >= 0.6 is 11.6 Å². The molecule has 2 heterocycles. The normalized spacial score (nSPS) is 20.8. The Morgan fingerprint density at radius 3 is 2.53 bits per heavy atom. The molecule has 2 fully saturated rings. The number of benzene rings is 1. The van der Waals surface area contributed by atoms with Gasteiger partial charge >= 0.3 is 6.18 Å². The number of rotatable bonds is 9. The standard InChI is InChI=1S/C26H34ClF3N8/c27-21-10-5-16(13-20(21)26(28,29)30)14-32-11-12-33-23-22-24(38(15-34-22)19-3-1-2-4-19)37-25(36-23)35-18-8-6-17(31)7-9-18/h5,10,13,15,17-19,32H,1-4,6-9,11-12,14,31H2,(H2,33,35,36,37)/t17-,18-. The Hall–Kier alpha value is -2.63. The molecule has 0 atom stereocenters. The lowest BCUT2D eigenvalue weighted by molar-refractivity contribution is -0.137. The average molecular weight is 551 g/mol. The third kappa shape index (κ3) is 6.32. The molecule has 0 amide bonds. The molecule has 12 heteroatoms. The number of nitrogens with one attached hydrogen (secondary N) is 3. The molecule has 38 heavy (non-hydrogen) atoms. The van der Waals surface area contributed by atoms with E-state index in [0.717, 1.165) is 55.8 Å². The van der Waals surface area contributed by atoms with E-state index in [9.17, 15) is 13.2 Å². The molecular weight excluding hydrogens is 517 g/mol. The first-order valence-electron chi connectivity index (χ1n) is 13.3. The van der Waals surface area contributed by atoms with Crippen molar-refractivity contribution in [3.8, 4) is 0 Å². The number of imidazole rings is 1. The van der Waals surface area contributed by atoms with Gasteiger partial charge in [0, 0.05) is 37.8 Å². The Kier molecular flexibility index (Phi) is 8.25. The molecule has 8 nitrogen and oxygen atoms in total. The van der Waals surface area contributed by atoms with Crippen LogP contribution in [0.3, 0.4) is 0 Å². The van der Waals surface area contributed by atoms with Crippen molar-refractivity contribution in [2.45, 2.75) is 82.2 Å². The average Bonchev–Trinajstić information content (AvgIpc) is 3.55. The van der Waals surface area contributed by atoms with Gasteiger partial charge in [-0.3, -0.25) is 0 Å². The summed E-state index contributed by atoms with van der Waals surface area (Å²) in [6.07, 6.45) is 5.96. The quantitative estimate of drug-likeness (QED) is 0.261. The molecule has 2 aromatic heterocycles. The first kappa shape index (κ1) is 27.0. The van der Waals surface area contributed by atoms with E-state index in [0.29, 0.717) is 36.5 Å². The number of anilines is 2. The van der Waals surface area contributed by atoms with Crippen molar-refractivity contribution in [2.75, 3.05) is 23.7 Å². The fourth-order valence-electron chi connectivity index (χ4n) is 5.40. The molecule has 2 saturated carbocycles. The van der Waals surface area contributed by atoms with E-state index in [1.54, 1.807) is 6.07 Å². The van der Waals surface area contributed by atoms with E-state index in [2.05, 4.69) is 25.5 Å². The SMILES string of the molecule is N[C@H]1CC[C@H](Nc2nc(NCCNCc3ccc(Cl)c(C(F)(F)F)c3)c3ncn(C4CCCC4)c3n2)CC1. The highest BCUT2D eigenvalue weighted by atomic mass is 35.5. The van der Waals surface area contributed by atoms with Crippen LogP contribution in [0.1, 0.15) is 68.5 Å². The molecule has 3 aromatic rings. The maximum atomic E-state index is 13.1. The predicted octanol–water partition coefficient (Wildman–Crippen LogP) is 5.50. The lowest BCUT2D eigenvalue weighted by atomic mass is 9.92. The van der Waals surface area contributed by atoms with Crippen molar-refractivity contribution < 1.29 is 13.2 Å². The summed E-state index contributed by atoms with van der Waals surface area (Å²) in [7, 11) is 0. The van der Waals surface area contributed by atoms with Crippen molar-refractivity contribution in [3.05, 3.63) is 40.7 Å². The second-order valence-corrected chi connectivity index (χ2v) is 10.7. The highest BCUT2D eigenvalue weighted by Crippen LogP contribution is 2.35. The van der Waals surface area contributed by atoms with Crippen LogP contribution in [0.2, 0.25) is 5.02 Å². The third-order valence-electron chi connectivity index (χ3n) is 7.50. The van der Waals surface area contributed by atoms with Gasteiger partial charge in [-0.1, -0.05) is 30.5 Å². The molecular formula is C26H34ClF3N8. The zero-order valence-corrected chi connectivity index (χ0v) is 22.0. The molecule has 206 valence electrons. The number of halogens is 4. The van der Waals surface area contributed by atoms with Crippen LogP contribution in [0.4, 0.5) is 24.9 Å². The van der Waals surface area contributed by atoms with E-state index in [4.69, 9.17) is 27.3 Å². The van der Waals surface area contributed by atoms with Crippen molar-refractivity contribution >= 4 is 34.5 Å². The third-order valence-corrected chi connectivity index (χ3v) is 7.83. The lowest BCUT2D eigenvalue weighted by Gasteiger charge is -2.27. The number of fused-ring (bicyclic) bond motifs is 1. The Bertz CT molecular complexity index is 1230. The van der Waals surface area contributed by atoms with Gasteiger partial charge in [0.1, 0.15) is 0 Å². The van der Waals surface area contributed by atoms with Gasteiger partial charge in [0.05, 0.1) is 16.9 Å². The van der Waals surface area contributed by atoms with Crippen LogP contribution in [0.15, 0.2) is 24.5 Å². The van der Waals surface area contributed by atoms with Gasteiger partial charge in [0.15, 0.2) is 17.0 Å². The topological polar surface area (TPSA) is 106 Å². The largest absolute Gasteiger partial charge is 0.417 e. The maximum Gasteiger partial charge on any atom is 0.417 e. The first-order valence-corrected chi connectivity index (χ1v) is 13.7. The van der Waals surface area contributed by atoms with Crippen molar-refractivity contribution in [2.24, 2.45) is 5.73 Å². The van der Waals surface area contributed by atoms with Crippen molar-refractivity contribution in [1.82, 2.24) is 24.8 Å². The van der Waals surface area contributed by atoms with Crippen LogP contribution in [-0.4, -0.2) is 44.7 Å². The van der Waals surface area contributed by atoms with Gasteiger partial charge in [0.25, 0.3) is 0 Å². The Morgan fingerprint density at radius 2 is 1.79 bits per heavy atom. The predicted molar refractivity (Wildman–Crippen MR) is 143 cm³/mol. The molecule has 0 bridgehead atoms. The summed E-state index contributed by atoms with van der Waals surface area (Å²) < 4.78 is 41.6. The molecule has 0 unspecified atom stereocenters. The van der Waals surface area contributed by atoms with Gasteiger partial charge in [0.2, 0.25) is 5.95 Å². The van der Waals surface area contributed by atoms with Crippen molar-refractivity contribution in [3.63, 3.8) is 0 Å². The Balaban J connectivity index is 1.26. The fraction of sp³-hybridized carbons (Fsp3) is 0.577. The Morgan fingerprint density at radius 1 is 1.03 bits per heavy atom. The summed E-state index contributed by atoms with van der Waals surface area (Å²) in [5, 5.41) is 9.75. The van der Waals surface area contributed by atoms with Gasteiger partial charge in [-0.15, -0.1) is 0 Å². The second-order valence-electron chi connectivity index (χ2n) is 10.3. The monoisotopic (exact) mass is 550 g/mol. The number of aromatic nitrogens is 4. The number of alkyl halides is 3. The number of nitrogens with two attached hydrogens (primary N) is 1. The summed E-state index contributed by atoms with van der Waals surface area (Å²) >= 11 is 5.72. The molecule has 0 spiro atoms. The molecule has 5 N–H and O–H groups in total. The van der Waals surface area contributed by atoms with Crippen LogP contribution in [0, 0.1) is 0 Å². The first-order chi connectivity index (χ1) is 18.3. The lowest BCUT2D eigenvalue weighted by Crippen LogP contribution is -2.33. The summed E-state index contributed by atoms with van der Waals surface area (Å²) in [6.45, 7) is 1.32. The summed E-state index contributed by atoms with van der Waals surface area (Å²) in [4.78, 5) is 14.3. The van der Waals surface area contributed by atoms with E-state index in [1.807, 2.05) is 6.33 Å².